The number of nitrogens with one attached hydrogen (secondary N) is 1. The molecule has 21 heavy (non-hydrogen) atoms. The lowest BCUT2D eigenvalue weighted by Crippen LogP contribution is -2.29. The minimum atomic E-state index is -2.79. The largest absolute Gasteiger partial charge is 0.435 e. The molecule has 0 saturated heterocycles. The van der Waals surface area contributed by atoms with Gasteiger partial charge in [0.05, 0.1) is 5.54 Å². The van der Waals surface area contributed by atoms with Gasteiger partial charge in [-0.1, -0.05) is 31.0 Å². The smallest absolute Gasteiger partial charge is 0.387 e. The van der Waals surface area contributed by atoms with Crippen LogP contribution in [0.2, 0.25) is 0 Å². The van der Waals surface area contributed by atoms with Gasteiger partial charge >= 0.3 is 6.61 Å². The van der Waals surface area contributed by atoms with Crippen molar-refractivity contribution in [3.05, 3.63) is 24.3 Å². The van der Waals surface area contributed by atoms with E-state index in [1.807, 2.05) is 0 Å². The first-order valence-corrected chi connectivity index (χ1v) is 8.18. The van der Waals surface area contributed by atoms with E-state index in [4.69, 9.17) is 4.99 Å². The number of nitrogens with zero attached hydrogens (tertiary/aromatic N) is 1. The first-order chi connectivity index (χ1) is 10.2. The predicted octanol–water partition coefficient (Wildman–Crippen LogP) is 4.51. The zero-order valence-electron chi connectivity index (χ0n) is 11.6. The van der Waals surface area contributed by atoms with Crippen molar-refractivity contribution >= 4 is 22.6 Å². The standard InChI is InChI=1S/C15H18F2N2OS/c16-13(17)20-12-6-4-11(5-7-12)18-14-19-15(10-21-14)8-2-1-3-9-15/h4-7,13H,1-3,8-10H2,(H,18,19). The maximum absolute atomic E-state index is 12.1. The number of hydrogen-bond donors (Lipinski definition) is 1. The predicted molar refractivity (Wildman–Crippen MR) is 82.4 cm³/mol. The normalized spacial score (nSPS) is 20.6. The fourth-order valence-electron chi connectivity index (χ4n) is 2.86. The van der Waals surface area contributed by atoms with Gasteiger partial charge in [0.2, 0.25) is 0 Å². The molecule has 114 valence electrons. The molecular formula is C15H18F2N2OS. The average molecular weight is 312 g/mol. The van der Waals surface area contributed by atoms with Crippen molar-refractivity contribution in [2.75, 3.05) is 11.1 Å². The van der Waals surface area contributed by atoms with Crippen LogP contribution in [0.4, 0.5) is 14.5 Å². The maximum Gasteiger partial charge on any atom is 0.387 e. The Morgan fingerprint density at radius 1 is 1.14 bits per heavy atom. The Labute approximate surface area is 127 Å². The molecule has 6 heteroatoms. The van der Waals surface area contributed by atoms with Crippen molar-refractivity contribution in [2.45, 2.75) is 44.3 Å². The SMILES string of the molecule is FC(F)Oc1ccc(NC2=NC3(CCCCC3)CS2)cc1. The summed E-state index contributed by atoms with van der Waals surface area (Å²) in [7, 11) is 0. The lowest BCUT2D eigenvalue weighted by atomic mass is 9.84. The molecule has 1 fully saturated rings. The van der Waals surface area contributed by atoms with Gasteiger partial charge in [-0.2, -0.15) is 8.78 Å². The maximum atomic E-state index is 12.1. The first-order valence-electron chi connectivity index (χ1n) is 7.20. The molecule has 0 amide bonds. The van der Waals surface area contributed by atoms with Gasteiger partial charge in [0, 0.05) is 11.4 Å². The Morgan fingerprint density at radius 2 is 1.86 bits per heavy atom. The molecular weight excluding hydrogens is 294 g/mol. The van der Waals surface area contributed by atoms with Gasteiger partial charge in [-0.05, 0) is 37.1 Å². The molecule has 0 atom stereocenters. The van der Waals surface area contributed by atoms with E-state index < -0.39 is 6.61 Å². The number of benzene rings is 1. The van der Waals surface area contributed by atoms with Gasteiger partial charge < -0.3 is 10.1 Å². The number of rotatable bonds is 3. The summed E-state index contributed by atoms with van der Waals surface area (Å²) in [5.41, 5.74) is 0.972. The van der Waals surface area contributed by atoms with Crippen LogP contribution < -0.4 is 10.1 Å². The molecule has 1 saturated carbocycles. The molecule has 0 radical (unpaired) electrons. The van der Waals surface area contributed by atoms with Crippen LogP contribution in [-0.4, -0.2) is 23.1 Å². The minimum absolute atomic E-state index is 0.129. The average Bonchev–Trinajstić information content (AvgIpc) is 2.84. The third kappa shape index (κ3) is 3.67. The van der Waals surface area contributed by atoms with Gasteiger partial charge in [-0.25, -0.2) is 0 Å². The van der Waals surface area contributed by atoms with Crippen molar-refractivity contribution in [3.63, 3.8) is 0 Å². The zero-order chi connectivity index (χ0) is 14.7. The highest BCUT2D eigenvalue weighted by Crippen LogP contribution is 2.39. The van der Waals surface area contributed by atoms with Crippen molar-refractivity contribution < 1.29 is 13.5 Å². The highest BCUT2D eigenvalue weighted by Gasteiger charge is 2.36. The van der Waals surface area contributed by atoms with Crippen molar-refractivity contribution in [3.8, 4) is 5.75 Å². The Hall–Kier alpha value is -1.30. The number of alkyl halides is 2. The molecule has 1 aromatic carbocycles. The molecule has 1 heterocycles. The molecule has 1 N–H and O–H groups in total. The van der Waals surface area contributed by atoms with Crippen LogP contribution in [0.15, 0.2) is 29.3 Å². The zero-order valence-corrected chi connectivity index (χ0v) is 12.5. The van der Waals surface area contributed by atoms with E-state index in [9.17, 15) is 8.78 Å². The summed E-state index contributed by atoms with van der Waals surface area (Å²) in [6, 6.07) is 6.52. The van der Waals surface area contributed by atoms with E-state index in [1.54, 1.807) is 23.9 Å². The van der Waals surface area contributed by atoms with Crippen LogP contribution in [0.3, 0.4) is 0 Å². The second kappa shape index (κ2) is 6.22. The first kappa shape index (κ1) is 14.6. The summed E-state index contributed by atoms with van der Waals surface area (Å²) in [5.74, 6) is 1.21. The molecule has 3 rings (SSSR count). The fraction of sp³-hybridized carbons (Fsp3) is 0.533. The summed E-state index contributed by atoms with van der Waals surface area (Å²) in [6.07, 6.45) is 6.18. The number of amidine groups is 1. The van der Waals surface area contributed by atoms with E-state index in [0.717, 1.165) is 16.6 Å². The molecule has 0 unspecified atom stereocenters. The van der Waals surface area contributed by atoms with E-state index in [-0.39, 0.29) is 11.3 Å². The summed E-state index contributed by atoms with van der Waals surface area (Å²) >= 11 is 1.75. The van der Waals surface area contributed by atoms with Gasteiger partial charge in [-0.3, -0.25) is 4.99 Å². The van der Waals surface area contributed by atoms with Crippen LogP contribution in [0.5, 0.6) is 5.75 Å². The Morgan fingerprint density at radius 3 is 2.52 bits per heavy atom. The third-order valence-electron chi connectivity index (χ3n) is 3.93. The summed E-state index contributed by atoms with van der Waals surface area (Å²) in [6.45, 7) is -2.79. The van der Waals surface area contributed by atoms with Crippen LogP contribution >= 0.6 is 11.8 Å². The van der Waals surface area contributed by atoms with Crippen LogP contribution in [0, 0.1) is 0 Å². The highest BCUT2D eigenvalue weighted by atomic mass is 32.2. The topological polar surface area (TPSA) is 33.6 Å². The van der Waals surface area contributed by atoms with Crippen molar-refractivity contribution in [2.24, 2.45) is 4.99 Å². The quantitative estimate of drug-likeness (QED) is 0.892. The number of hydrogen-bond acceptors (Lipinski definition) is 4. The molecule has 1 spiro atoms. The molecule has 1 aliphatic heterocycles. The number of halogens is 2. The highest BCUT2D eigenvalue weighted by molar-refractivity contribution is 8.14. The van der Waals surface area contributed by atoms with Crippen LogP contribution in [0.25, 0.3) is 0 Å². The minimum Gasteiger partial charge on any atom is -0.435 e. The van der Waals surface area contributed by atoms with Crippen molar-refractivity contribution in [1.29, 1.82) is 0 Å². The summed E-state index contributed by atoms with van der Waals surface area (Å²) in [4.78, 5) is 4.86. The number of ether oxygens (including phenoxy) is 1. The van der Waals surface area contributed by atoms with Crippen molar-refractivity contribution in [1.82, 2.24) is 0 Å². The van der Waals surface area contributed by atoms with E-state index in [1.165, 1.54) is 44.2 Å². The van der Waals surface area contributed by atoms with Gasteiger partial charge in [0.1, 0.15) is 5.75 Å². The Kier molecular flexibility index (Phi) is 4.33. The lowest BCUT2D eigenvalue weighted by molar-refractivity contribution is -0.0498. The Balaban J connectivity index is 1.63. The fourth-order valence-corrected chi connectivity index (χ4v) is 4.06. The molecule has 2 aliphatic rings. The molecule has 1 aliphatic carbocycles. The van der Waals surface area contributed by atoms with E-state index in [0.29, 0.717) is 0 Å². The van der Waals surface area contributed by atoms with Gasteiger partial charge in [-0.15, -0.1) is 0 Å². The van der Waals surface area contributed by atoms with Gasteiger partial charge in [0.25, 0.3) is 0 Å². The van der Waals surface area contributed by atoms with Crippen LogP contribution in [0.1, 0.15) is 32.1 Å². The second-order valence-corrected chi connectivity index (χ2v) is 6.48. The third-order valence-corrected chi connectivity index (χ3v) is 5.08. The lowest BCUT2D eigenvalue weighted by Gasteiger charge is -2.29. The van der Waals surface area contributed by atoms with Gasteiger partial charge in [0.15, 0.2) is 5.17 Å². The molecule has 1 aromatic rings. The number of thioether (sulfide) groups is 1. The molecule has 0 aromatic heterocycles. The number of anilines is 1. The Bertz CT molecular complexity index is 513. The number of aliphatic imine (C=N–C) groups is 1. The summed E-state index contributed by atoms with van der Waals surface area (Å²) in [5, 5.41) is 4.19. The van der Waals surface area contributed by atoms with Crippen LogP contribution in [-0.2, 0) is 0 Å². The molecule has 0 bridgehead atoms. The summed E-state index contributed by atoms with van der Waals surface area (Å²) < 4.78 is 28.5. The van der Waals surface area contributed by atoms with E-state index in [2.05, 4.69) is 10.1 Å². The molecule has 3 nitrogen and oxygen atoms in total. The monoisotopic (exact) mass is 312 g/mol. The van der Waals surface area contributed by atoms with E-state index >= 15 is 0 Å². The second-order valence-electron chi connectivity index (χ2n) is 5.52.